The van der Waals surface area contributed by atoms with Gasteiger partial charge in [-0.3, -0.25) is 0 Å². The molecule has 0 nitrogen and oxygen atoms in total. The molecule has 1 unspecified atom stereocenters. The van der Waals surface area contributed by atoms with Gasteiger partial charge in [0.25, 0.3) is 0 Å². The maximum absolute atomic E-state index is 3.64. The van der Waals surface area contributed by atoms with Crippen molar-refractivity contribution in [2.75, 3.05) is 0 Å². The summed E-state index contributed by atoms with van der Waals surface area (Å²) in [5, 5.41) is 2.73. The Balaban J connectivity index is 2.30. The number of fused-ring (bicyclic) bond motifs is 1. The molecular weight excluding hydrogens is 284 g/mol. The zero-order valence-corrected chi connectivity index (χ0v) is 12.8. The van der Waals surface area contributed by atoms with E-state index in [0.717, 1.165) is 0 Å². The summed E-state index contributed by atoms with van der Waals surface area (Å²) in [6.45, 7) is 4.62. The van der Waals surface area contributed by atoms with Crippen LogP contribution in [0.15, 0.2) is 40.9 Å². The van der Waals surface area contributed by atoms with Crippen LogP contribution in [0.2, 0.25) is 0 Å². The van der Waals surface area contributed by atoms with Crippen molar-refractivity contribution in [2.45, 2.75) is 45.4 Å². The highest BCUT2D eigenvalue weighted by atomic mass is 79.9. The van der Waals surface area contributed by atoms with Crippen molar-refractivity contribution >= 4 is 26.7 Å². The lowest BCUT2D eigenvalue weighted by molar-refractivity contribution is 0.600. The van der Waals surface area contributed by atoms with Crippen LogP contribution in [-0.2, 0) is 0 Å². The average Bonchev–Trinajstić information content (AvgIpc) is 2.39. The van der Waals surface area contributed by atoms with Crippen LogP contribution in [0.4, 0.5) is 0 Å². The number of hydrogen-bond donors (Lipinski definition) is 0. The van der Waals surface area contributed by atoms with Crippen LogP contribution in [0.25, 0.3) is 10.8 Å². The number of unbranched alkanes of at least 4 members (excludes halogenated alkanes) is 2. The fraction of sp³-hybridized carbons (Fsp3) is 0.412. The summed E-state index contributed by atoms with van der Waals surface area (Å²) in [6.07, 6.45) is 5.27. The third kappa shape index (κ3) is 2.95. The average molecular weight is 305 g/mol. The van der Waals surface area contributed by atoms with Crippen molar-refractivity contribution in [1.29, 1.82) is 0 Å². The van der Waals surface area contributed by atoms with E-state index in [-0.39, 0.29) is 0 Å². The van der Waals surface area contributed by atoms with Crippen molar-refractivity contribution in [3.63, 3.8) is 0 Å². The van der Waals surface area contributed by atoms with Crippen molar-refractivity contribution in [3.8, 4) is 0 Å². The summed E-state index contributed by atoms with van der Waals surface area (Å²) >= 11 is 3.64. The molecule has 0 spiro atoms. The second-order valence-corrected chi connectivity index (χ2v) is 5.93. The van der Waals surface area contributed by atoms with Gasteiger partial charge in [0.05, 0.1) is 0 Å². The largest absolute Gasteiger partial charge is 0.0654 e. The second-order valence-electron chi connectivity index (χ2n) is 5.08. The molecule has 0 saturated carbocycles. The van der Waals surface area contributed by atoms with Crippen LogP contribution in [-0.4, -0.2) is 0 Å². The lowest BCUT2D eigenvalue weighted by Gasteiger charge is -2.15. The molecule has 18 heavy (non-hydrogen) atoms. The van der Waals surface area contributed by atoms with Gasteiger partial charge in [0.2, 0.25) is 0 Å². The Morgan fingerprint density at radius 3 is 2.50 bits per heavy atom. The van der Waals surface area contributed by atoms with Gasteiger partial charge in [-0.25, -0.2) is 0 Å². The lowest BCUT2D eigenvalue weighted by atomic mass is 9.91. The molecule has 0 amide bonds. The Hall–Kier alpha value is -0.820. The van der Waals surface area contributed by atoms with Crippen LogP contribution >= 0.6 is 15.9 Å². The Morgan fingerprint density at radius 2 is 1.72 bits per heavy atom. The predicted molar refractivity (Wildman–Crippen MR) is 84.2 cm³/mol. The van der Waals surface area contributed by atoms with Crippen LogP contribution in [0, 0.1) is 0 Å². The van der Waals surface area contributed by atoms with E-state index in [1.165, 1.54) is 46.5 Å². The van der Waals surface area contributed by atoms with Crippen molar-refractivity contribution < 1.29 is 0 Å². The Bertz CT molecular complexity index is 516. The van der Waals surface area contributed by atoms with Gasteiger partial charge in [0, 0.05) is 4.47 Å². The molecule has 2 aromatic rings. The normalized spacial score (nSPS) is 12.8. The Kier molecular flexibility index (Phi) is 4.82. The van der Waals surface area contributed by atoms with Gasteiger partial charge in [-0.05, 0) is 34.7 Å². The molecule has 0 aliphatic carbocycles. The summed E-state index contributed by atoms with van der Waals surface area (Å²) in [5.41, 5.74) is 1.49. The van der Waals surface area contributed by atoms with Crippen LogP contribution in [0.1, 0.15) is 51.0 Å². The lowest BCUT2D eigenvalue weighted by Crippen LogP contribution is -1.95. The molecule has 0 aromatic heterocycles. The standard InChI is InChI=1S/C17H21Br/c1-3-4-5-8-13(2)14-9-6-11-16-15(14)10-7-12-17(16)18/h6-7,9-13H,3-5,8H2,1-2H3. The molecule has 2 aromatic carbocycles. The van der Waals surface area contributed by atoms with Crippen LogP contribution in [0.3, 0.4) is 0 Å². The van der Waals surface area contributed by atoms with E-state index in [9.17, 15) is 0 Å². The highest BCUT2D eigenvalue weighted by Crippen LogP contribution is 2.32. The van der Waals surface area contributed by atoms with E-state index < -0.39 is 0 Å². The summed E-state index contributed by atoms with van der Waals surface area (Å²) < 4.78 is 1.20. The first kappa shape index (κ1) is 13.6. The quantitative estimate of drug-likeness (QED) is 0.570. The Morgan fingerprint density at radius 1 is 1.00 bits per heavy atom. The zero-order chi connectivity index (χ0) is 13.0. The van der Waals surface area contributed by atoms with E-state index >= 15 is 0 Å². The van der Waals surface area contributed by atoms with Gasteiger partial charge >= 0.3 is 0 Å². The van der Waals surface area contributed by atoms with Gasteiger partial charge in [-0.2, -0.15) is 0 Å². The SMILES string of the molecule is CCCCCC(C)c1cccc2c(Br)cccc12. The minimum Gasteiger partial charge on any atom is -0.0654 e. The first-order valence-electron chi connectivity index (χ1n) is 6.91. The Labute approximate surface area is 119 Å². The molecule has 2 rings (SSSR count). The smallest absolute Gasteiger partial charge is 0.0253 e. The summed E-state index contributed by atoms with van der Waals surface area (Å²) in [5.74, 6) is 0.648. The highest BCUT2D eigenvalue weighted by molar-refractivity contribution is 9.10. The fourth-order valence-electron chi connectivity index (χ4n) is 2.58. The molecule has 0 heterocycles. The molecule has 0 saturated heterocycles. The molecule has 0 bridgehead atoms. The highest BCUT2D eigenvalue weighted by Gasteiger charge is 2.09. The topological polar surface area (TPSA) is 0 Å². The number of rotatable bonds is 5. The monoisotopic (exact) mass is 304 g/mol. The molecule has 96 valence electrons. The first-order chi connectivity index (χ1) is 8.74. The van der Waals surface area contributed by atoms with Gasteiger partial charge in [-0.15, -0.1) is 0 Å². The summed E-state index contributed by atoms with van der Waals surface area (Å²) in [4.78, 5) is 0. The molecule has 1 heteroatoms. The van der Waals surface area contributed by atoms with Gasteiger partial charge in [0.1, 0.15) is 0 Å². The van der Waals surface area contributed by atoms with E-state index in [1.54, 1.807) is 0 Å². The summed E-state index contributed by atoms with van der Waals surface area (Å²) in [7, 11) is 0. The van der Waals surface area contributed by atoms with Crippen LogP contribution in [0.5, 0.6) is 0 Å². The molecule has 0 fully saturated rings. The van der Waals surface area contributed by atoms with E-state index in [4.69, 9.17) is 0 Å². The molecule has 0 aliphatic heterocycles. The third-order valence-electron chi connectivity index (χ3n) is 3.67. The van der Waals surface area contributed by atoms with E-state index in [2.05, 4.69) is 66.2 Å². The maximum atomic E-state index is 3.64. The minimum atomic E-state index is 0.648. The first-order valence-corrected chi connectivity index (χ1v) is 7.70. The third-order valence-corrected chi connectivity index (χ3v) is 4.37. The molecule has 1 atom stereocenters. The van der Waals surface area contributed by atoms with Crippen molar-refractivity contribution in [2.24, 2.45) is 0 Å². The van der Waals surface area contributed by atoms with Crippen molar-refractivity contribution in [1.82, 2.24) is 0 Å². The zero-order valence-electron chi connectivity index (χ0n) is 11.2. The van der Waals surface area contributed by atoms with E-state index in [0.29, 0.717) is 5.92 Å². The number of halogens is 1. The summed E-state index contributed by atoms with van der Waals surface area (Å²) in [6, 6.07) is 13.2. The molecule has 0 aliphatic rings. The number of hydrogen-bond acceptors (Lipinski definition) is 0. The molecule has 0 radical (unpaired) electrons. The maximum Gasteiger partial charge on any atom is 0.0253 e. The fourth-order valence-corrected chi connectivity index (χ4v) is 3.08. The van der Waals surface area contributed by atoms with Gasteiger partial charge < -0.3 is 0 Å². The van der Waals surface area contributed by atoms with Crippen LogP contribution < -0.4 is 0 Å². The number of benzene rings is 2. The minimum absolute atomic E-state index is 0.648. The molecule has 0 N–H and O–H groups in total. The van der Waals surface area contributed by atoms with E-state index in [1.807, 2.05) is 0 Å². The van der Waals surface area contributed by atoms with Crippen molar-refractivity contribution in [3.05, 3.63) is 46.4 Å². The van der Waals surface area contributed by atoms with Gasteiger partial charge in [-0.1, -0.05) is 79.4 Å². The molecular formula is C17H21Br. The predicted octanol–water partition coefficient (Wildman–Crippen LogP) is 6.29. The van der Waals surface area contributed by atoms with Gasteiger partial charge in [0.15, 0.2) is 0 Å². The second kappa shape index (κ2) is 6.38.